The summed E-state index contributed by atoms with van der Waals surface area (Å²) < 4.78 is 37.5. The SMILES string of the molecule is CC[C@@H]1OC(=O)[C@H](C)C(=O)[C@H](C)[C@@H](O[C@@H]2O[C@H](C)C[C@H](N(C)C)[C@H]2O)[C@@]2(C)C[C@@H](C)C(=NC(C)=O)C[C@H](OC/C(=N/OCc3cc(-c4ccccc4[N+](=O)[O-])no3)CO2)[C@]1(C)O. The number of ketones is 1. The molecule has 19 heteroatoms. The van der Waals surface area contributed by atoms with Gasteiger partial charge in [0.2, 0.25) is 5.91 Å². The molecule has 0 spiro atoms. The highest BCUT2D eigenvalue weighted by molar-refractivity contribution is 6.00. The van der Waals surface area contributed by atoms with Crippen molar-refractivity contribution in [1.29, 1.82) is 0 Å². The Hall–Kier alpha value is -4.50. The lowest BCUT2D eigenvalue weighted by Gasteiger charge is -2.47. The fourth-order valence-corrected chi connectivity index (χ4v) is 8.57. The second-order valence-electron chi connectivity index (χ2n) is 17.3. The summed E-state index contributed by atoms with van der Waals surface area (Å²) in [7, 11) is 3.68. The summed E-state index contributed by atoms with van der Waals surface area (Å²) in [5.74, 6) is -4.64. The van der Waals surface area contributed by atoms with Crippen LogP contribution in [0.3, 0.4) is 0 Å². The molecule has 1 aromatic carbocycles. The Labute approximate surface area is 361 Å². The van der Waals surface area contributed by atoms with Gasteiger partial charge < -0.3 is 48.2 Å². The maximum Gasteiger partial charge on any atom is 0.316 e. The average molecular weight is 872 g/mol. The van der Waals surface area contributed by atoms with Crippen LogP contribution in [0.5, 0.6) is 0 Å². The fourth-order valence-electron chi connectivity index (χ4n) is 8.57. The number of aromatic nitrogens is 1. The van der Waals surface area contributed by atoms with Gasteiger partial charge in [-0.3, -0.25) is 24.5 Å². The van der Waals surface area contributed by atoms with Gasteiger partial charge in [0.15, 0.2) is 24.4 Å². The first-order valence-corrected chi connectivity index (χ1v) is 21.0. The van der Waals surface area contributed by atoms with Crippen molar-refractivity contribution >= 4 is 34.8 Å². The number of para-hydroxylation sites is 1. The lowest BCUT2D eigenvalue weighted by molar-refractivity contribution is -0.384. The predicted octanol–water partition coefficient (Wildman–Crippen LogP) is 4.44. The van der Waals surface area contributed by atoms with Crippen molar-refractivity contribution in [3.8, 4) is 11.3 Å². The predicted molar refractivity (Wildman–Crippen MR) is 223 cm³/mol. The number of esters is 1. The van der Waals surface area contributed by atoms with Gasteiger partial charge in [0.1, 0.15) is 35.1 Å². The third-order valence-electron chi connectivity index (χ3n) is 12.1. The van der Waals surface area contributed by atoms with Crippen LogP contribution >= 0.6 is 0 Å². The number of aliphatic hydroxyl groups excluding tert-OH is 1. The molecule has 0 radical (unpaired) electrons. The van der Waals surface area contributed by atoms with Crippen LogP contribution in [0.2, 0.25) is 0 Å². The van der Waals surface area contributed by atoms with Crippen LogP contribution in [-0.4, -0.2) is 136 Å². The first-order valence-electron chi connectivity index (χ1n) is 21.0. The number of ether oxygens (including phenoxy) is 5. The van der Waals surface area contributed by atoms with Crippen molar-refractivity contribution in [1.82, 2.24) is 10.1 Å². The van der Waals surface area contributed by atoms with Crippen molar-refractivity contribution in [2.75, 3.05) is 27.3 Å². The summed E-state index contributed by atoms with van der Waals surface area (Å²) in [4.78, 5) is 64.1. The zero-order valence-electron chi connectivity index (χ0n) is 37.1. The van der Waals surface area contributed by atoms with Gasteiger partial charge in [-0.25, -0.2) is 4.99 Å². The van der Waals surface area contributed by atoms with Crippen molar-refractivity contribution in [3.05, 3.63) is 46.2 Å². The number of carbonyl (C=O) groups is 3. The number of hydrogen-bond acceptors (Lipinski definition) is 17. The van der Waals surface area contributed by atoms with E-state index in [1.54, 1.807) is 39.0 Å². The van der Waals surface area contributed by atoms with Gasteiger partial charge in [-0.1, -0.05) is 43.2 Å². The molecule has 1 amide bonds. The third-order valence-corrected chi connectivity index (χ3v) is 12.1. The molecular weight excluding hydrogens is 810 g/mol. The highest BCUT2D eigenvalue weighted by atomic mass is 16.7. The van der Waals surface area contributed by atoms with E-state index in [0.29, 0.717) is 12.1 Å². The summed E-state index contributed by atoms with van der Waals surface area (Å²) >= 11 is 0. The zero-order valence-corrected chi connectivity index (χ0v) is 37.1. The van der Waals surface area contributed by atoms with Crippen molar-refractivity contribution < 1.29 is 62.6 Å². The molecule has 5 rings (SSSR count). The number of Topliss-reactive ketones (excluding diaryl/α,β-unsaturated/α-hetero) is 1. The number of fused-ring (bicyclic) bond motifs is 5. The number of amides is 1. The molecular formula is C43H61N5O14. The van der Waals surface area contributed by atoms with Gasteiger partial charge in [-0.2, -0.15) is 0 Å². The Balaban J connectivity index is 1.61. The number of nitrogens with zero attached hydrogens (tertiary/aromatic N) is 5. The molecule has 1 aromatic heterocycles. The number of rotatable bonds is 9. The average Bonchev–Trinajstić information content (AvgIpc) is 3.68. The Morgan fingerprint density at radius 1 is 1.13 bits per heavy atom. The number of cyclic esters (lactones) is 1. The largest absolute Gasteiger partial charge is 0.459 e. The van der Waals surface area contributed by atoms with Crippen LogP contribution in [0, 0.1) is 27.9 Å². The van der Waals surface area contributed by atoms with Gasteiger partial charge in [0.05, 0.1) is 47.6 Å². The smallest absolute Gasteiger partial charge is 0.316 e. The van der Waals surface area contributed by atoms with Gasteiger partial charge in [-0.05, 0) is 73.0 Å². The number of carbonyl (C=O) groups excluding carboxylic acids is 3. The molecule has 3 saturated heterocycles. The van der Waals surface area contributed by atoms with E-state index in [4.69, 9.17) is 33.0 Å². The molecule has 0 unspecified atom stereocenters. The van der Waals surface area contributed by atoms with Crippen LogP contribution in [0.25, 0.3) is 11.3 Å². The molecule has 0 aliphatic carbocycles. The molecule has 342 valence electrons. The minimum atomic E-state index is -1.89. The molecule has 19 nitrogen and oxygen atoms in total. The van der Waals surface area contributed by atoms with E-state index in [2.05, 4.69) is 15.3 Å². The summed E-state index contributed by atoms with van der Waals surface area (Å²) in [5.41, 5.74) is -2.50. The molecule has 0 saturated carbocycles. The highest BCUT2D eigenvalue weighted by Crippen LogP contribution is 2.39. The Morgan fingerprint density at radius 3 is 2.50 bits per heavy atom. The van der Waals surface area contributed by atoms with Crippen LogP contribution in [0.4, 0.5) is 5.69 Å². The van der Waals surface area contributed by atoms with E-state index in [9.17, 15) is 34.7 Å². The number of likely N-dealkylation sites (N-methyl/N-ethyl adjacent to an activating group) is 1. The van der Waals surface area contributed by atoms with Gasteiger partial charge in [0, 0.05) is 43.1 Å². The zero-order chi connectivity index (χ0) is 45.7. The normalized spacial score (nSPS) is 35.5. The maximum absolute atomic E-state index is 14.5. The lowest BCUT2D eigenvalue weighted by atomic mass is 9.76. The number of aliphatic imine (C=N–C) groups is 1. The van der Waals surface area contributed by atoms with E-state index < -0.39 is 82.2 Å². The Morgan fingerprint density at radius 2 is 1.84 bits per heavy atom. The fraction of sp³-hybridized carbons (Fsp3) is 0.674. The van der Waals surface area contributed by atoms with Crippen LogP contribution in [0.1, 0.15) is 86.8 Å². The summed E-state index contributed by atoms with van der Waals surface area (Å²) in [6.07, 6.45) is -5.57. The number of hydrogen-bond donors (Lipinski definition) is 2. The second kappa shape index (κ2) is 20.3. The summed E-state index contributed by atoms with van der Waals surface area (Å²) in [5, 5.41) is 43.9. The minimum absolute atomic E-state index is 0.0828. The number of oxime groups is 1. The number of nitro groups is 1. The molecule has 62 heavy (non-hydrogen) atoms. The molecule has 3 aliphatic rings. The lowest BCUT2D eigenvalue weighted by Crippen LogP contribution is -2.59. The quantitative estimate of drug-likeness (QED) is 0.153. The first-order chi connectivity index (χ1) is 29.2. The second-order valence-corrected chi connectivity index (χ2v) is 17.3. The molecule has 3 fully saturated rings. The van der Waals surface area contributed by atoms with Crippen LogP contribution in [0.15, 0.2) is 45.0 Å². The van der Waals surface area contributed by atoms with Crippen molar-refractivity contribution in [2.45, 2.75) is 142 Å². The topological polar surface area (TPSA) is 244 Å². The molecule has 12 atom stereocenters. The molecule has 2 aromatic rings. The van der Waals surface area contributed by atoms with E-state index in [1.807, 2.05) is 32.8 Å². The summed E-state index contributed by atoms with van der Waals surface area (Å²) in [6.45, 7) is 12.1. The number of nitro benzene ring substituents is 1. The van der Waals surface area contributed by atoms with E-state index in [1.165, 1.54) is 32.9 Å². The summed E-state index contributed by atoms with van der Waals surface area (Å²) in [6, 6.07) is 7.23. The van der Waals surface area contributed by atoms with Crippen LogP contribution in [-0.2, 0) is 49.5 Å². The molecule has 3 aliphatic heterocycles. The minimum Gasteiger partial charge on any atom is -0.459 e. The standard InChI is InChI=1S/C43H61N5O14/c1-11-35-43(8,53)36-18-31(44-27(6)49)23(2)19-42(7,39(25(4)37(50)26(5)40(52)60-35)61-41-38(51)34(47(9)10)16-24(3)59-41)57-21-28(20-56-36)45-58-22-29-17-32(46-62-29)30-14-12-13-15-33(30)48(54)55/h12-15,17,23-26,34-36,38-39,41,51,53H,11,16,18-22H2,1-10H3/b44-31?,45-28-/t23-,24-,25+,26-,34+,35+,36+,38-,39-,41+,42-,43-/m1/s1. The number of benzene rings is 1. The third kappa shape index (κ3) is 11.2. The van der Waals surface area contributed by atoms with Gasteiger partial charge in [-0.15, -0.1) is 0 Å². The first kappa shape index (κ1) is 48.5. The monoisotopic (exact) mass is 871 g/mol. The molecule has 2 bridgehead atoms. The van der Waals surface area contributed by atoms with E-state index in [0.717, 1.165) is 0 Å². The van der Waals surface area contributed by atoms with Crippen molar-refractivity contribution in [2.24, 2.45) is 27.9 Å². The maximum atomic E-state index is 14.5. The molecule has 4 heterocycles. The Bertz CT molecular complexity index is 1980. The van der Waals surface area contributed by atoms with E-state index >= 15 is 0 Å². The highest BCUT2D eigenvalue weighted by Gasteiger charge is 2.52. The van der Waals surface area contributed by atoms with Crippen molar-refractivity contribution in [3.63, 3.8) is 0 Å². The van der Waals surface area contributed by atoms with E-state index in [-0.39, 0.29) is 79.6 Å². The Kier molecular flexibility index (Phi) is 15.9. The number of aliphatic hydroxyl groups is 2. The van der Waals surface area contributed by atoms with Crippen LogP contribution < -0.4 is 0 Å². The molecule has 2 N–H and O–H groups in total. The van der Waals surface area contributed by atoms with Gasteiger partial charge >= 0.3 is 5.97 Å². The van der Waals surface area contributed by atoms with Gasteiger partial charge in [0.25, 0.3) is 5.69 Å².